The Kier molecular flexibility index (Phi) is 3.35. The molecule has 0 aliphatic carbocycles. The number of piperidine rings is 1. The maximum atomic E-state index is 9.90. The first-order valence-corrected chi connectivity index (χ1v) is 7.06. The van der Waals surface area contributed by atoms with Crippen molar-refractivity contribution >= 4 is 0 Å². The van der Waals surface area contributed by atoms with Crippen molar-refractivity contribution < 1.29 is 5.11 Å². The molecule has 2 aliphatic heterocycles. The van der Waals surface area contributed by atoms with Crippen LogP contribution in [0.15, 0.2) is 0 Å². The molecule has 1 aromatic heterocycles. The predicted octanol–water partition coefficient (Wildman–Crippen LogP) is 1.13. The van der Waals surface area contributed by atoms with Crippen molar-refractivity contribution in [3.05, 3.63) is 11.6 Å². The Balaban J connectivity index is 1.76. The molecule has 5 nitrogen and oxygen atoms in total. The fourth-order valence-electron chi connectivity index (χ4n) is 3.17. The quantitative estimate of drug-likeness (QED) is 0.855. The molecule has 18 heavy (non-hydrogen) atoms. The summed E-state index contributed by atoms with van der Waals surface area (Å²) in [6.45, 7) is 2.15. The summed E-state index contributed by atoms with van der Waals surface area (Å²) in [4.78, 5) is 2.43. The number of nitrogens with zero attached hydrogens (tertiary/aromatic N) is 4. The average Bonchev–Trinajstić information content (AvgIpc) is 2.77. The summed E-state index contributed by atoms with van der Waals surface area (Å²) in [6, 6.07) is 0.589. The highest BCUT2D eigenvalue weighted by atomic mass is 16.3. The number of aliphatic hydroxyl groups is 1. The molecule has 3 rings (SSSR count). The number of likely N-dealkylation sites (N-methyl/N-ethyl adjacent to an activating group) is 1. The summed E-state index contributed by atoms with van der Waals surface area (Å²) >= 11 is 0. The van der Waals surface area contributed by atoms with Crippen molar-refractivity contribution in [3.8, 4) is 0 Å². The molecule has 2 unspecified atom stereocenters. The van der Waals surface area contributed by atoms with Crippen LogP contribution < -0.4 is 0 Å². The number of fused-ring (bicyclic) bond motifs is 1. The van der Waals surface area contributed by atoms with E-state index in [0.29, 0.717) is 6.04 Å². The largest absolute Gasteiger partial charge is 0.385 e. The van der Waals surface area contributed by atoms with Crippen LogP contribution in [0.4, 0.5) is 0 Å². The van der Waals surface area contributed by atoms with Gasteiger partial charge in [0.2, 0.25) is 0 Å². The van der Waals surface area contributed by atoms with Crippen LogP contribution in [-0.2, 0) is 13.0 Å². The van der Waals surface area contributed by atoms with Gasteiger partial charge in [0.1, 0.15) is 11.9 Å². The Hall–Kier alpha value is -0.940. The zero-order chi connectivity index (χ0) is 12.5. The van der Waals surface area contributed by atoms with Gasteiger partial charge in [-0.15, -0.1) is 10.2 Å². The molecule has 0 bridgehead atoms. The number of aromatic nitrogens is 3. The highest BCUT2D eigenvalue weighted by Crippen LogP contribution is 2.25. The van der Waals surface area contributed by atoms with Gasteiger partial charge in [0.25, 0.3) is 0 Å². The summed E-state index contributed by atoms with van der Waals surface area (Å²) < 4.78 is 2.14. The van der Waals surface area contributed by atoms with Crippen LogP contribution in [0.1, 0.15) is 49.9 Å². The minimum absolute atomic E-state index is 0.413. The monoisotopic (exact) mass is 250 g/mol. The van der Waals surface area contributed by atoms with Crippen LogP contribution in [-0.4, -0.2) is 44.4 Å². The topological polar surface area (TPSA) is 54.2 Å². The zero-order valence-corrected chi connectivity index (χ0v) is 11.0. The van der Waals surface area contributed by atoms with Crippen molar-refractivity contribution in [2.75, 3.05) is 13.6 Å². The molecule has 1 N–H and O–H groups in total. The van der Waals surface area contributed by atoms with E-state index in [1.165, 1.54) is 25.8 Å². The second kappa shape index (κ2) is 4.97. The van der Waals surface area contributed by atoms with Gasteiger partial charge in [0.05, 0.1) is 0 Å². The maximum Gasteiger partial charge on any atom is 0.161 e. The lowest BCUT2D eigenvalue weighted by molar-refractivity contribution is 0.131. The number of hydrogen-bond donors (Lipinski definition) is 1. The molecule has 0 aromatic carbocycles. The minimum Gasteiger partial charge on any atom is -0.385 e. The standard InChI is InChI=1S/C13H22N4O/c1-16-7-3-2-5-10(16)9-12-14-15-13-11(18)6-4-8-17(12)13/h10-11,18H,2-9H2,1H3. The Morgan fingerprint density at radius 1 is 1.17 bits per heavy atom. The summed E-state index contributed by atoms with van der Waals surface area (Å²) in [6.07, 6.45) is 6.28. The van der Waals surface area contributed by atoms with Gasteiger partial charge in [0, 0.05) is 19.0 Å². The van der Waals surface area contributed by atoms with Crippen molar-refractivity contribution in [2.45, 2.75) is 57.2 Å². The molecule has 1 saturated heterocycles. The van der Waals surface area contributed by atoms with E-state index in [1.54, 1.807) is 0 Å². The molecule has 0 radical (unpaired) electrons. The van der Waals surface area contributed by atoms with Crippen molar-refractivity contribution in [1.29, 1.82) is 0 Å². The predicted molar refractivity (Wildman–Crippen MR) is 68.2 cm³/mol. The lowest BCUT2D eigenvalue weighted by atomic mass is 9.99. The van der Waals surface area contributed by atoms with Crippen LogP contribution >= 0.6 is 0 Å². The first-order chi connectivity index (χ1) is 8.75. The second-order valence-electron chi connectivity index (χ2n) is 5.62. The minimum atomic E-state index is -0.413. The molecule has 0 saturated carbocycles. The first kappa shape index (κ1) is 12.1. The van der Waals surface area contributed by atoms with E-state index in [9.17, 15) is 5.11 Å². The third kappa shape index (κ3) is 2.17. The van der Waals surface area contributed by atoms with Crippen LogP contribution in [0.3, 0.4) is 0 Å². The Labute approximate surface area is 108 Å². The summed E-state index contributed by atoms with van der Waals surface area (Å²) in [5.74, 6) is 1.83. The Morgan fingerprint density at radius 2 is 2.06 bits per heavy atom. The van der Waals surface area contributed by atoms with E-state index < -0.39 is 6.10 Å². The zero-order valence-electron chi connectivity index (χ0n) is 11.0. The summed E-state index contributed by atoms with van der Waals surface area (Å²) in [5.41, 5.74) is 0. The highest BCUT2D eigenvalue weighted by Gasteiger charge is 2.26. The molecule has 0 spiro atoms. The number of aliphatic hydroxyl groups excluding tert-OH is 1. The van der Waals surface area contributed by atoms with Gasteiger partial charge in [-0.25, -0.2) is 0 Å². The van der Waals surface area contributed by atoms with E-state index >= 15 is 0 Å². The average molecular weight is 250 g/mol. The maximum absolute atomic E-state index is 9.90. The molecule has 0 amide bonds. The number of hydrogen-bond acceptors (Lipinski definition) is 4. The van der Waals surface area contributed by atoms with Crippen LogP contribution in [0.2, 0.25) is 0 Å². The van der Waals surface area contributed by atoms with Crippen molar-refractivity contribution in [1.82, 2.24) is 19.7 Å². The van der Waals surface area contributed by atoms with Crippen molar-refractivity contribution in [2.24, 2.45) is 0 Å². The summed E-state index contributed by atoms with van der Waals surface area (Å²) in [7, 11) is 2.20. The lowest BCUT2D eigenvalue weighted by Crippen LogP contribution is -2.38. The molecular weight excluding hydrogens is 228 g/mol. The van der Waals surface area contributed by atoms with Crippen LogP contribution in [0, 0.1) is 0 Å². The summed E-state index contributed by atoms with van der Waals surface area (Å²) in [5, 5.41) is 18.4. The normalized spacial score (nSPS) is 29.2. The van der Waals surface area contributed by atoms with E-state index in [1.807, 2.05) is 0 Å². The Bertz CT molecular complexity index is 417. The van der Waals surface area contributed by atoms with Gasteiger partial charge in [0.15, 0.2) is 5.82 Å². The second-order valence-corrected chi connectivity index (χ2v) is 5.62. The number of likely N-dealkylation sites (tertiary alicyclic amines) is 1. The van der Waals surface area contributed by atoms with E-state index in [0.717, 1.165) is 37.5 Å². The van der Waals surface area contributed by atoms with E-state index in [-0.39, 0.29) is 0 Å². The van der Waals surface area contributed by atoms with Gasteiger partial charge >= 0.3 is 0 Å². The molecule has 100 valence electrons. The first-order valence-electron chi connectivity index (χ1n) is 7.06. The van der Waals surface area contributed by atoms with Gasteiger partial charge < -0.3 is 14.6 Å². The van der Waals surface area contributed by atoms with Gasteiger partial charge in [-0.3, -0.25) is 0 Å². The van der Waals surface area contributed by atoms with Crippen LogP contribution in [0.25, 0.3) is 0 Å². The molecule has 1 fully saturated rings. The molecule has 2 atom stereocenters. The third-order valence-electron chi connectivity index (χ3n) is 4.35. The number of rotatable bonds is 2. The van der Waals surface area contributed by atoms with Gasteiger partial charge in [-0.05, 0) is 39.3 Å². The fraction of sp³-hybridized carbons (Fsp3) is 0.846. The van der Waals surface area contributed by atoms with E-state index in [4.69, 9.17) is 0 Å². The van der Waals surface area contributed by atoms with Gasteiger partial charge in [-0.2, -0.15) is 0 Å². The SMILES string of the molecule is CN1CCCCC1Cc1nnc2n1CCCC2O. The van der Waals surface area contributed by atoms with Crippen molar-refractivity contribution in [3.63, 3.8) is 0 Å². The fourth-order valence-corrected chi connectivity index (χ4v) is 3.17. The smallest absolute Gasteiger partial charge is 0.161 e. The molecule has 3 heterocycles. The molecular formula is C13H22N4O. The lowest BCUT2D eigenvalue weighted by Gasteiger charge is -2.32. The van der Waals surface area contributed by atoms with Crippen LogP contribution in [0.5, 0.6) is 0 Å². The highest BCUT2D eigenvalue weighted by molar-refractivity contribution is 5.03. The Morgan fingerprint density at radius 3 is 2.89 bits per heavy atom. The van der Waals surface area contributed by atoms with E-state index in [2.05, 4.69) is 26.7 Å². The third-order valence-corrected chi connectivity index (χ3v) is 4.35. The van der Waals surface area contributed by atoms with Gasteiger partial charge in [-0.1, -0.05) is 6.42 Å². The molecule has 5 heteroatoms. The molecule has 1 aromatic rings. The molecule has 2 aliphatic rings.